The van der Waals surface area contributed by atoms with Crippen LogP contribution < -0.4 is 4.74 Å². The zero-order chi connectivity index (χ0) is 10.7. The van der Waals surface area contributed by atoms with Crippen molar-refractivity contribution in [3.63, 3.8) is 0 Å². The van der Waals surface area contributed by atoms with Gasteiger partial charge in [-0.1, -0.05) is 17.7 Å². The molecule has 0 saturated heterocycles. The fourth-order valence-corrected chi connectivity index (χ4v) is 1.60. The summed E-state index contributed by atoms with van der Waals surface area (Å²) in [5.74, 6) is 0.537. The molecule has 2 nitrogen and oxygen atoms in total. The molecular weight excluding hydrogens is 200 g/mol. The number of carbonyl (C=O) groups is 1. The Kier molecular flexibility index (Phi) is 3.53. The van der Waals surface area contributed by atoms with Gasteiger partial charge in [0.05, 0.1) is 17.2 Å². The lowest BCUT2D eigenvalue weighted by Gasteiger charge is -2.12. The normalized spacial score (nSPS) is 10.0. The molecule has 0 atom stereocenters. The van der Waals surface area contributed by atoms with Gasteiger partial charge in [0, 0.05) is 0 Å². The molecule has 0 aromatic heterocycles. The quantitative estimate of drug-likeness (QED) is 0.719. The van der Waals surface area contributed by atoms with Crippen LogP contribution in [0.15, 0.2) is 12.1 Å². The monoisotopic (exact) mass is 212 g/mol. The van der Waals surface area contributed by atoms with Crippen molar-refractivity contribution >= 4 is 17.4 Å². The first-order valence-electron chi connectivity index (χ1n) is 4.50. The summed E-state index contributed by atoms with van der Waals surface area (Å²) in [6.07, 6.45) is 0. The molecular formula is C11H13ClO2. The molecule has 0 aliphatic rings. The highest BCUT2D eigenvalue weighted by Gasteiger charge is 2.14. The molecule has 76 valence electrons. The van der Waals surface area contributed by atoms with Gasteiger partial charge in [0.15, 0.2) is 5.78 Å². The van der Waals surface area contributed by atoms with Gasteiger partial charge < -0.3 is 4.74 Å². The summed E-state index contributed by atoms with van der Waals surface area (Å²) in [7, 11) is 0. The predicted octanol–water partition coefficient (Wildman–Crippen LogP) is 3.25. The minimum atomic E-state index is -0.0675. The predicted molar refractivity (Wildman–Crippen MR) is 57.4 cm³/mol. The van der Waals surface area contributed by atoms with Crippen LogP contribution in [-0.4, -0.2) is 12.4 Å². The van der Waals surface area contributed by atoms with Gasteiger partial charge in [-0.3, -0.25) is 4.79 Å². The van der Waals surface area contributed by atoms with Crippen LogP contribution in [0.5, 0.6) is 5.75 Å². The van der Waals surface area contributed by atoms with E-state index in [0.29, 0.717) is 22.9 Å². The first kappa shape index (κ1) is 11.1. The molecule has 0 unspecified atom stereocenters. The van der Waals surface area contributed by atoms with E-state index in [2.05, 4.69) is 0 Å². The number of rotatable bonds is 3. The first-order valence-corrected chi connectivity index (χ1v) is 4.88. The Balaban J connectivity index is 3.33. The summed E-state index contributed by atoms with van der Waals surface area (Å²) < 4.78 is 5.40. The molecule has 0 fully saturated rings. The number of aryl methyl sites for hydroxylation is 1. The highest BCUT2D eigenvalue weighted by molar-refractivity contribution is 6.34. The van der Waals surface area contributed by atoms with Gasteiger partial charge in [-0.2, -0.15) is 0 Å². The van der Waals surface area contributed by atoms with Crippen LogP contribution in [-0.2, 0) is 0 Å². The molecule has 0 spiro atoms. The highest BCUT2D eigenvalue weighted by atomic mass is 35.5. The van der Waals surface area contributed by atoms with Crippen LogP contribution in [0, 0.1) is 6.92 Å². The number of carbonyl (C=O) groups excluding carboxylic acids is 1. The van der Waals surface area contributed by atoms with Gasteiger partial charge in [-0.25, -0.2) is 0 Å². The van der Waals surface area contributed by atoms with Crippen LogP contribution >= 0.6 is 11.6 Å². The standard InChI is InChI=1S/C11H13ClO2/c1-4-14-11-7(2)5-6-9(12)10(11)8(3)13/h5-6H,4H2,1-3H3. The van der Waals surface area contributed by atoms with Crippen molar-refractivity contribution in [1.29, 1.82) is 0 Å². The molecule has 0 bridgehead atoms. The van der Waals surface area contributed by atoms with E-state index in [1.54, 1.807) is 6.07 Å². The van der Waals surface area contributed by atoms with Crippen LogP contribution in [0.1, 0.15) is 29.8 Å². The molecule has 0 aliphatic heterocycles. The van der Waals surface area contributed by atoms with Gasteiger partial charge >= 0.3 is 0 Å². The maximum atomic E-state index is 11.3. The summed E-state index contributed by atoms with van der Waals surface area (Å²) >= 11 is 5.93. The van der Waals surface area contributed by atoms with E-state index in [1.807, 2.05) is 19.9 Å². The maximum Gasteiger partial charge on any atom is 0.165 e. The van der Waals surface area contributed by atoms with Gasteiger partial charge in [-0.05, 0) is 32.4 Å². The van der Waals surface area contributed by atoms with Crippen LogP contribution in [0.3, 0.4) is 0 Å². The number of hydrogen-bond acceptors (Lipinski definition) is 2. The van der Waals surface area contributed by atoms with Gasteiger partial charge in [0.25, 0.3) is 0 Å². The molecule has 0 aliphatic carbocycles. The minimum Gasteiger partial charge on any atom is -0.493 e. The third-order valence-electron chi connectivity index (χ3n) is 1.94. The topological polar surface area (TPSA) is 26.3 Å². The zero-order valence-corrected chi connectivity index (χ0v) is 9.31. The van der Waals surface area contributed by atoms with E-state index < -0.39 is 0 Å². The summed E-state index contributed by atoms with van der Waals surface area (Å²) in [6, 6.07) is 3.57. The Morgan fingerprint density at radius 1 is 1.50 bits per heavy atom. The summed E-state index contributed by atoms with van der Waals surface area (Å²) in [4.78, 5) is 11.3. The van der Waals surface area contributed by atoms with Gasteiger partial charge in [-0.15, -0.1) is 0 Å². The summed E-state index contributed by atoms with van der Waals surface area (Å²) in [5, 5.41) is 0.451. The molecule has 0 amide bonds. The Morgan fingerprint density at radius 2 is 2.14 bits per heavy atom. The number of halogens is 1. The molecule has 1 aromatic rings. The molecule has 1 rings (SSSR count). The fourth-order valence-electron chi connectivity index (χ4n) is 1.32. The molecule has 0 saturated carbocycles. The van der Waals surface area contributed by atoms with E-state index >= 15 is 0 Å². The van der Waals surface area contributed by atoms with E-state index in [1.165, 1.54) is 6.92 Å². The van der Waals surface area contributed by atoms with E-state index in [0.717, 1.165) is 5.56 Å². The van der Waals surface area contributed by atoms with Crippen molar-refractivity contribution in [2.45, 2.75) is 20.8 Å². The molecule has 14 heavy (non-hydrogen) atoms. The van der Waals surface area contributed by atoms with Crippen molar-refractivity contribution in [2.75, 3.05) is 6.61 Å². The Morgan fingerprint density at radius 3 is 2.64 bits per heavy atom. The average molecular weight is 213 g/mol. The Bertz CT molecular complexity index is 359. The number of hydrogen-bond donors (Lipinski definition) is 0. The average Bonchev–Trinajstić information content (AvgIpc) is 2.11. The maximum absolute atomic E-state index is 11.3. The molecule has 0 heterocycles. The number of benzene rings is 1. The third kappa shape index (κ3) is 2.07. The van der Waals surface area contributed by atoms with Crippen molar-refractivity contribution in [3.8, 4) is 5.75 Å². The Hall–Kier alpha value is -1.02. The fraction of sp³-hybridized carbons (Fsp3) is 0.364. The highest BCUT2D eigenvalue weighted by Crippen LogP contribution is 2.30. The van der Waals surface area contributed by atoms with Crippen molar-refractivity contribution in [2.24, 2.45) is 0 Å². The lowest BCUT2D eigenvalue weighted by Crippen LogP contribution is -2.03. The molecule has 0 N–H and O–H groups in total. The van der Waals surface area contributed by atoms with Crippen molar-refractivity contribution in [3.05, 3.63) is 28.3 Å². The van der Waals surface area contributed by atoms with Gasteiger partial charge in [0.2, 0.25) is 0 Å². The third-order valence-corrected chi connectivity index (χ3v) is 2.26. The second-order valence-corrected chi connectivity index (χ2v) is 3.46. The smallest absolute Gasteiger partial charge is 0.165 e. The van der Waals surface area contributed by atoms with E-state index in [4.69, 9.17) is 16.3 Å². The number of Topliss-reactive ketones (excluding diaryl/α,β-unsaturated/α-hetero) is 1. The van der Waals surface area contributed by atoms with E-state index in [-0.39, 0.29) is 5.78 Å². The van der Waals surface area contributed by atoms with Crippen LogP contribution in [0.4, 0.5) is 0 Å². The lowest BCUT2D eigenvalue weighted by atomic mass is 10.1. The second kappa shape index (κ2) is 4.47. The minimum absolute atomic E-state index is 0.0675. The van der Waals surface area contributed by atoms with Gasteiger partial charge in [0.1, 0.15) is 5.75 Å². The van der Waals surface area contributed by atoms with Crippen LogP contribution in [0.25, 0.3) is 0 Å². The Labute approximate surface area is 88.8 Å². The van der Waals surface area contributed by atoms with E-state index in [9.17, 15) is 4.79 Å². The molecule has 1 aromatic carbocycles. The summed E-state index contributed by atoms with van der Waals surface area (Å²) in [6.45, 7) is 5.79. The van der Waals surface area contributed by atoms with Crippen molar-refractivity contribution in [1.82, 2.24) is 0 Å². The lowest BCUT2D eigenvalue weighted by molar-refractivity contribution is 0.101. The SMILES string of the molecule is CCOc1c(C)ccc(Cl)c1C(C)=O. The second-order valence-electron chi connectivity index (χ2n) is 3.06. The zero-order valence-electron chi connectivity index (χ0n) is 8.56. The number of ketones is 1. The first-order chi connectivity index (χ1) is 6.57. The molecule has 0 radical (unpaired) electrons. The van der Waals surface area contributed by atoms with Crippen molar-refractivity contribution < 1.29 is 9.53 Å². The molecule has 3 heteroatoms. The summed E-state index contributed by atoms with van der Waals surface area (Å²) in [5.41, 5.74) is 1.41. The number of ether oxygens (including phenoxy) is 1. The van der Waals surface area contributed by atoms with Crippen LogP contribution in [0.2, 0.25) is 5.02 Å². The largest absolute Gasteiger partial charge is 0.493 e.